The molecular formula is C22H32IN7. The molecule has 0 bridgehead atoms. The fourth-order valence-corrected chi connectivity index (χ4v) is 3.22. The minimum Gasteiger partial charge on any atom is -0.357 e. The second-order valence-corrected chi connectivity index (χ2v) is 7.06. The van der Waals surface area contributed by atoms with E-state index in [0.29, 0.717) is 0 Å². The highest BCUT2D eigenvalue weighted by molar-refractivity contribution is 14.0. The summed E-state index contributed by atoms with van der Waals surface area (Å²) >= 11 is 0. The van der Waals surface area contributed by atoms with Crippen molar-refractivity contribution in [1.82, 2.24) is 30.2 Å². The van der Waals surface area contributed by atoms with Crippen LogP contribution in [0.25, 0.3) is 5.69 Å². The molecule has 2 heterocycles. The number of benzene rings is 1. The number of halogens is 1. The topological polar surface area (TPSA) is 72.1 Å². The van der Waals surface area contributed by atoms with Crippen LogP contribution in [0.15, 0.2) is 53.8 Å². The number of hydrogen-bond acceptors (Lipinski definition) is 3. The molecule has 8 heteroatoms. The molecule has 7 nitrogen and oxygen atoms in total. The lowest BCUT2D eigenvalue weighted by molar-refractivity contribution is 0.567. The summed E-state index contributed by atoms with van der Waals surface area (Å²) in [4.78, 5) is 4.69. The van der Waals surface area contributed by atoms with Crippen LogP contribution < -0.4 is 10.6 Å². The largest absolute Gasteiger partial charge is 0.357 e. The van der Waals surface area contributed by atoms with E-state index in [1.54, 1.807) is 6.20 Å². The van der Waals surface area contributed by atoms with Gasteiger partial charge in [0.25, 0.3) is 0 Å². The lowest BCUT2D eigenvalue weighted by Gasteiger charge is -2.12. The molecule has 0 saturated carbocycles. The molecule has 0 aliphatic heterocycles. The van der Waals surface area contributed by atoms with E-state index in [4.69, 9.17) is 0 Å². The summed E-state index contributed by atoms with van der Waals surface area (Å²) in [5, 5.41) is 15.5. The number of hydrogen-bond donors (Lipinski definition) is 2. The zero-order valence-electron chi connectivity index (χ0n) is 18.0. The lowest BCUT2D eigenvalue weighted by atomic mass is 10.1. The van der Waals surface area contributed by atoms with Gasteiger partial charge < -0.3 is 10.6 Å². The second-order valence-electron chi connectivity index (χ2n) is 7.06. The van der Waals surface area contributed by atoms with Gasteiger partial charge in [-0.3, -0.25) is 9.67 Å². The van der Waals surface area contributed by atoms with Gasteiger partial charge in [-0.15, -0.1) is 24.0 Å². The van der Waals surface area contributed by atoms with Gasteiger partial charge >= 0.3 is 0 Å². The monoisotopic (exact) mass is 521 g/mol. The van der Waals surface area contributed by atoms with Gasteiger partial charge in [0.1, 0.15) is 0 Å². The Morgan fingerprint density at radius 1 is 1.13 bits per heavy atom. The van der Waals surface area contributed by atoms with Crippen LogP contribution >= 0.6 is 24.0 Å². The van der Waals surface area contributed by atoms with E-state index < -0.39 is 0 Å². The second kappa shape index (κ2) is 12.4. The highest BCUT2D eigenvalue weighted by Crippen LogP contribution is 2.09. The Bertz CT molecular complexity index is 898. The van der Waals surface area contributed by atoms with E-state index >= 15 is 0 Å². The van der Waals surface area contributed by atoms with Crippen LogP contribution in [0.2, 0.25) is 0 Å². The van der Waals surface area contributed by atoms with E-state index in [9.17, 15) is 0 Å². The Morgan fingerprint density at radius 3 is 2.57 bits per heavy atom. The summed E-state index contributed by atoms with van der Waals surface area (Å²) in [7, 11) is 0. The van der Waals surface area contributed by atoms with Crippen molar-refractivity contribution in [2.75, 3.05) is 19.6 Å². The molecule has 0 aliphatic carbocycles. The number of guanidine groups is 1. The lowest BCUT2D eigenvalue weighted by Crippen LogP contribution is -2.38. The predicted octanol–water partition coefficient (Wildman–Crippen LogP) is 3.49. The summed E-state index contributed by atoms with van der Waals surface area (Å²) in [6.07, 6.45) is 5.64. The molecule has 0 saturated heterocycles. The fraction of sp³-hybridized carbons (Fsp3) is 0.409. The van der Waals surface area contributed by atoms with E-state index in [2.05, 4.69) is 74.7 Å². The van der Waals surface area contributed by atoms with Gasteiger partial charge in [-0.05, 0) is 63.4 Å². The maximum atomic E-state index is 4.69. The van der Waals surface area contributed by atoms with Crippen LogP contribution in [-0.2, 0) is 13.0 Å². The molecule has 0 radical (unpaired) electrons. The molecule has 1 aromatic carbocycles. The first-order valence-electron chi connectivity index (χ1n) is 10.3. The van der Waals surface area contributed by atoms with Crippen molar-refractivity contribution in [3.8, 4) is 5.69 Å². The molecule has 2 N–H and O–H groups in total. The maximum absolute atomic E-state index is 4.69. The van der Waals surface area contributed by atoms with Crippen LogP contribution in [-0.4, -0.2) is 45.2 Å². The molecule has 0 atom stereocenters. The van der Waals surface area contributed by atoms with E-state index in [-0.39, 0.29) is 24.0 Å². The molecule has 0 fully saturated rings. The first-order valence-corrected chi connectivity index (χ1v) is 10.3. The number of aromatic nitrogens is 4. The van der Waals surface area contributed by atoms with Crippen LogP contribution in [0.5, 0.6) is 0 Å². The van der Waals surface area contributed by atoms with E-state index in [0.717, 1.165) is 56.4 Å². The van der Waals surface area contributed by atoms with E-state index in [1.807, 2.05) is 23.9 Å². The Hall–Kier alpha value is -2.36. The highest BCUT2D eigenvalue weighted by Gasteiger charge is 2.02. The summed E-state index contributed by atoms with van der Waals surface area (Å²) in [6, 6.07) is 12.5. The molecule has 3 rings (SSSR count). The van der Waals surface area contributed by atoms with Crippen molar-refractivity contribution in [1.29, 1.82) is 0 Å². The third-order valence-electron chi connectivity index (χ3n) is 4.66. The summed E-state index contributed by atoms with van der Waals surface area (Å²) < 4.78 is 3.92. The van der Waals surface area contributed by atoms with Gasteiger partial charge in [0, 0.05) is 44.3 Å². The van der Waals surface area contributed by atoms with Crippen molar-refractivity contribution in [3.05, 3.63) is 65.7 Å². The zero-order chi connectivity index (χ0) is 20.5. The van der Waals surface area contributed by atoms with Gasteiger partial charge in [0.2, 0.25) is 0 Å². The van der Waals surface area contributed by atoms with Crippen molar-refractivity contribution < 1.29 is 0 Å². The first kappa shape index (κ1) is 23.9. The van der Waals surface area contributed by atoms with Crippen molar-refractivity contribution in [3.63, 3.8) is 0 Å². The number of aliphatic imine (C=N–C) groups is 1. The van der Waals surface area contributed by atoms with Crippen LogP contribution in [0.3, 0.4) is 0 Å². The average molecular weight is 521 g/mol. The van der Waals surface area contributed by atoms with Gasteiger partial charge in [-0.2, -0.15) is 10.2 Å². The molecule has 0 aliphatic rings. The van der Waals surface area contributed by atoms with Crippen molar-refractivity contribution >= 4 is 29.9 Å². The standard InChI is InChI=1S/C22H31N7.HI/c1-4-23-22(24-12-5-15-28-19(3)17-18(2)27-28)25-14-11-20-7-9-21(10-8-20)29-16-6-13-26-29;/h6-10,13,16-17H,4-5,11-12,14-15H2,1-3H3,(H2,23,24,25);1H. The van der Waals surface area contributed by atoms with Crippen LogP contribution in [0, 0.1) is 13.8 Å². The van der Waals surface area contributed by atoms with Gasteiger partial charge in [0.15, 0.2) is 5.96 Å². The minimum atomic E-state index is 0. The molecule has 0 unspecified atom stereocenters. The Balaban J connectivity index is 0.00000320. The third-order valence-corrected chi connectivity index (χ3v) is 4.66. The quantitative estimate of drug-likeness (QED) is 0.196. The molecule has 0 amide bonds. The predicted molar refractivity (Wildman–Crippen MR) is 133 cm³/mol. The molecular weight excluding hydrogens is 489 g/mol. The van der Waals surface area contributed by atoms with Crippen molar-refractivity contribution in [2.24, 2.45) is 4.99 Å². The smallest absolute Gasteiger partial charge is 0.191 e. The van der Waals surface area contributed by atoms with Gasteiger partial charge in [-0.25, -0.2) is 4.68 Å². The third kappa shape index (κ3) is 7.16. The van der Waals surface area contributed by atoms with E-state index in [1.165, 1.54) is 11.3 Å². The van der Waals surface area contributed by atoms with Gasteiger partial charge in [0.05, 0.1) is 11.4 Å². The Morgan fingerprint density at radius 2 is 1.93 bits per heavy atom. The van der Waals surface area contributed by atoms with Gasteiger partial charge in [-0.1, -0.05) is 12.1 Å². The Kier molecular flexibility index (Phi) is 9.85. The normalized spacial score (nSPS) is 11.2. The summed E-state index contributed by atoms with van der Waals surface area (Å²) in [5.41, 5.74) is 4.63. The molecule has 3 aromatic rings. The molecule has 2 aromatic heterocycles. The highest BCUT2D eigenvalue weighted by atomic mass is 127. The fourth-order valence-electron chi connectivity index (χ4n) is 3.22. The zero-order valence-corrected chi connectivity index (χ0v) is 20.3. The SMILES string of the molecule is CCNC(=NCCCn1nc(C)cc1C)NCCc1ccc(-n2cccn2)cc1.I. The maximum Gasteiger partial charge on any atom is 0.191 e. The summed E-state index contributed by atoms with van der Waals surface area (Å²) in [6.45, 7) is 9.56. The number of nitrogens with zero attached hydrogens (tertiary/aromatic N) is 5. The number of nitrogens with one attached hydrogen (secondary N) is 2. The summed E-state index contributed by atoms with van der Waals surface area (Å²) in [5.74, 6) is 0.869. The van der Waals surface area contributed by atoms with Crippen LogP contribution in [0.4, 0.5) is 0 Å². The number of aryl methyl sites for hydroxylation is 3. The minimum absolute atomic E-state index is 0. The van der Waals surface area contributed by atoms with Crippen molar-refractivity contribution in [2.45, 2.75) is 40.2 Å². The molecule has 30 heavy (non-hydrogen) atoms. The number of rotatable bonds is 9. The molecule has 162 valence electrons. The Labute approximate surface area is 196 Å². The van der Waals surface area contributed by atoms with Crippen LogP contribution in [0.1, 0.15) is 30.3 Å². The molecule has 0 spiro atoms. The average Bonchev–Trinajstić information content (AvgIpc) is 3.35. The first-order chi connectivity index (χ1) is 14.2.